The van der Waals surface area contributed by atoms with Gasteiger partial charge in [-0.15, -0.1) is 0 Å². The van der Waals surface area contributed by atoms with Crippen LogP contribution in [0.25, 0.3) is 0 Å². The lowest BCUT2D eigenvalue weighted by Crippen LogP contribution is -2.50. The molecule has 3 rings (SSSR count). The van der Waals surface area contributed by atoms with Crippen molar-refractivity contribution in [2.24, 2.45) is 5.92 Å². The predicted octanol–water partition coefficient (Wildman–Crippen LogP) is 1.30. The van der Waals surface area contributed by atoms with Crippen LogP contribution in [-0.2, 0) is 26.2 Å². The topological polar surface area (TPSA) is 108 Å². The second-order valence-corrected chi connectivity index (χ2v) is 9.22. The van der Waals surface area contributed by atoms with Gasteiger partial charge in [-0.25, -0.2) is 8.42 Å². The Morgan fingerprint density at radius 1 is 1.17 bits per heavy atom. The van der Waals surface area contributed by atoms with E-state index >= 15 is 0 Å². The number of sulfonamides is 1. The molecule has 2 atom stereocenters. The fourth-order valence-corrected chi connectivity index (χ4v) is 4.89. The van der Waals surface area contributed by atoms with E-state index in [4.69, 9.17) is 0 Å². The molecule has 160 valence electrons. The number of nitrogens with one attached hydrogen (secondary N) is 2. The molecule has 2 amide bonds. The SMILES string of the molecule is C[C@@H](NC(=O)C1CCCN(S(=O)(=O)c2ccccc2)C1)C(=O)NCc1ccccn1. The first-order chi connectivity index (χ1) is 14.4. The van der Waals surface area contributed by atoms with E-state index in [2.05, 4.69) is 15.6 Å². The molecule has 1 saturated heterocycles. The number of piperidine rings is 1. The maximum absolute atomic E-state index is 12.8. The van der Waals surface area contributed by atoms with Crippen molar-refractivity contribution >= 4 is 21.8 Å². The molecule has 1 aliphatic heterocycles. The fourth-order valence-electron chi connectivity index (χ4n) is 3.35. The molecule has 2 heterocycles. The molecule has 2 N–H and O–H groups in total. The summed E-state index contributed by atoms with van der Waals surface area (Å²) < 4.78 is 27.0. The van der Waals surface area contributed by atoms with Crippen LogP contribution in [0.3, 0.4) is 0 Å². The first-order valence-electron chi connectivity index (χ1n) is 9.91. The highest BCUT2D eigenvalue weighted by molar-refractivity contribution is 7.89. The van der Waals surface area contributed by atoms with Crippen LogP contribution >= 0.6 is 0 Å². The summed E-state index contributed by atoms with van der Waals surface area (Å²) in [6, 6.07) is 12.9. The third kappa shape index (κ3) is 5.43. The van der Waals surface area contributed by atoms with E-state index in [1.165, 1.54) is 4.31 Å². The summed E-state index contributed by atoms with van der Waals surface area (Å²) in [6.07, 6.45) is 2.81. The molecule has 0 spiro atoms. The molecule has 2 aromatic rings. The van der Waals surface area contributed by atoms with E-state index < -0.39 is 22.0 Å². The van der Waals surface area contributed by atoms with E-state index in [0.29, 0.717) is 19.4 Å². The third-order valence-electron chi connectivity index (χ3n) is 5.06. The number of carbonyl (C=O) groups excluding carboxylic acids is 2. The molecular weight excluding hydrogens is 404 g/mol. The minimum absolute atomic E-state index is 0.103. The van der Waals surface area contributed by atoms with Gasteiger partial charge in [0.25, 0.3) is 0 Å². The Morgan fingerprint density at radius 2 is 1.90 bits per heavy atom. The van der Waals surface area contributed by atoms with Crippen molar-refractivity contribution in [2.45, 2.75) is 37.2 Å². The van der Waals surface area contributed by atoms with Crippen molar-refractivity contribution in [3.05, 3.63) is 60.4 Å². The highest BCUT2D eigenvalue weighted by Crippen LogP contribution is 2.23. The van der Waals surface area contributed by atoms with Gasteiger partial charge < -0.3 is 10.6 Å². The normalized spacial score (nSPS) is 18.4. The largest absolute Gasteiger partial charge is 0.349 e. The lowest BCUT2D eigenvalue weighted by molar-refractivity contribution is -0.131. The Labute approximate surface area is 176 Å². The first kappa shape index (κ1) is 21.9. The van der Waals surface area contributed by atoms with Gasteiger partial charge in [-0.3, -0.25) is 14.6 Å². The Kier molecular flexibility index (Phi) is 7.17. The lowest BCUT2D eigenvalue weighted by Gasteiger charge is -2.31. The lowest BCUT2D eigenvalue weighted by atomic mass is 9.98. The van der Waals surface area contributed by atoms with E-state index in [0.717, 1.165) is 5.69 Å². The zero-order valence-electron chi connectivity index (χ0n) is 16.8. The maximum atomic E-state index is 12.8. The van der Waals surface area contributed by atoms with E-state index in [1.54, 1.807) is 55.6 Å². The Bertz CT molecular complexity index is 967. The molecule has 0 radical (unpaired) electrons. The zero-order chi connectivity index (χ0) is 21.6. The zero-order valence-corrected chi connectivity index (χ0v) is 17.6. The van der Waals surface area contributed by atoms with E-state index in [9.17, 15) is 18.0 Å². The average molecular weight is 431 g/mol. The summed E-state index contributed by atoms with van der Waals surface area (Å²) in [5.41, 5.74) is 0.721. The monoisotopic (exact) mass is 430 g/mol. The first-order valence-corrected chi connectivity index (χ1v) is 11.3. The van der Waals surface area contributed by atoms with E-state index in [-0.39, 0.29) is 29.8 Å². The minimum Gasteiger partial charge on any atom is -0.349 e. The fraction of sp³-hybridized carbons (Fsp3) is 0.381. The molecule has 30 heavy (non-hydrogen) atoms. The second-order valence-electron chi connectivity index (χ2n) is 7.28. The summed E-state index contributed by atoms with van der Waals surface area (Å²) in [5.74, 6) is -1.13. The molecule has 1 unspecified atom stereocenters. The Morgan fingerprint density at radius 3 is 2.60 bits per heavy atom. The molecule has 1 aromatic carbocycles. The van der Waals surface area contributed by atoms with Crippen molar-refractivity contribution in [3.63, 3.8) is 0 Å². The van der Waals surface area contributed by atoms with Crippen LogP contribution in [0.4, 0.5) is 0 Å². The number of benzene rings is 1. The maximum Gasteiger partial charge on any atom is 0.243 e. The Hall–Kier alpha value is -2.78. The molecule has 0 saturated carbocycles. The van der Waals surface area contributed by atoms with Crippen LogP contribution < -0.4 is 10.6 Å². The summed E-state index contributed by atoms with van der Waals surface area (Å²) in [5, 5.41) is 5.44. The van der Waals surface area contributed by atoms with Gasteiger partial charge >= 0.3 is 0 Å². The van der Waals surface area contributed by atoms with Crippen molar-refractivity contribution in [1.82, 2.24) is 19.9 Å². The van der Waals surface area contributed by atoms with Gasteiger partial charge in [-0.1, -0.05) is 24.3 Å². The van der Waals surface area contributed by atoms with Crippen LogP contribution in [0.5, 0.6) is 0 Å². The molecule has 9 heteroatoms. The van der Waals surface area contributed by atoms with Crippen molar-refractivity contribution in [1.29, 1.82) is 0 Å². The van der Waals surface area contributed by atoms with Crippen molar-refractivity contribution < 1.29 is 18.0 Å². The smallest absolute Gasteiger partial charge is 0.243 e. The highest BCUT2D eigenvalue weighted by atomic mass is 32.2. The van der Waals surface area contributed by atoms with Crippen LogP contribution in [0, 0.1) is 5.92 Å². The standard InChI is InChI=1S/C21H26N4O4S/c1-16(20(26)23-14-18-9-5-6-12-22-18)24-21(27)17-8-7-13-25(15-17)30(28,29)19-10-3-2-4-11-19/h2-6,9-12,16-17H,7-8,13-15H2,1H3,(H,23,26)(H,24,27)/t16-,17?/m1/s1. The number of nitrogens with zero attached hydrogens (tertiary/aromatic N) is 2. The predicted molar refractivity (Wildman–Crippen MR) is 112 cm³/mol. The Balaban J connectivity index is 1.55. The number of amides is 2. The molecule has 1 aromatic heterocycles. The van der Waals surface area contributed by atoms with Crippen molar-refractivity contribution in [3.8, 4) is 0 Å². The van der Waals surface area contributed by atoms with Gasteiger partial charge in [0.05, 0.1) is 23.1 Å². The number of hydrogen-bond acceptors (Lipinski definition) is 5. The number of carbonyl (C=O) groups is 2. The quantitative estimate of drug-likeness (QED) is 0.688. The minimum atomic E-state index is -3.65. The molecular formula is C21H26N4O4S. The number of pyridine rings is 1. The number of aromatic nitrogens is 1. The van der Waals surface area contributed by atoms with Gasteiger partial charge in [0.2, 0.25) is 21.8 Å². The summed E-state index contributed by atoms with van der Waals surface area (Å²) in [4.78, 5) is 29.3. The van der Waals surface area contributed by atoms with Crippen LogP contribution in [0.1, 0.15) is 25.5 Å². The van der Waals surface area contributed by atoms with Crippen LogP contribution in [0.15, 0.2) is 59.6 Å². The second kappa shape index (κ2) is 9.82. The molecule has 0 aliphatic carbocycles. The summed E-state index contributed by atoms with van der Waals surface area (Å²) >= 11 is 0. The summed E-state index contributed by atoms with van der Waals surface area (Å²) in [6.45, 7) is 2.35. The number of rotatable bonds is 7. The molecule has 8 nitrogen and oxygen atoms in total. The van der Waals surface area contributed by atoms with Crippen molar-refractivity contribution in [2.75, 3.05) is 13.1 Å². The van der Waals surface area contributed by atoms with Gasteiger partial charge in [0.1, 0.15) is 6.04 Å². The average Bonchev–Trinajstić information content (AvgIpc) is 2.78. The molecule has 1 fully saturated rings. The molecule has 0 bridgehead atoms. The van der Waals surface area contributed by atoms with Gasteiger partial charge in [0.15, 0.2) is 0 Å². The van der Waals surface area contributed by atoms with Gasteiger partial charge in [-0.2, -0.15) is 4.31 Å². The third-order valence-corrected chi connectivity index (χ3v) is 6.94. The summed E-state index contributed by atoms with van der Waals surface area (Å²) in [7, 11) is -3.65. The highest BCUT2D eigenvalue weighted by Gasteiger charge is 2.34. The number of hydrogen-bond donors (Lipinski definition) is 2. The van der Waals surface area contributed by atoms with Gasteiger partial charge in [-0.05, 0) is 44.0 Å². The van der Waals surface area contributed by atoms with Crippen LogP contribution in [0.2, 0.25) is 0 Å². The van der Waals surface area contributed by atoms with E-state index in [1.807, 2.05) is 6.07 Å². The van der Waals surface area contributed by atoms with Crippen LogP contribution in [-0.4, -0.2) is 48.7 Å². The molecule has 1 aliphatic rings. The van der Waals surface area contributed by atoms with Gasteiger partial charge in [0, 0.05) is 19.3 Å².